The number of halogens is 2. The fourth-order valence-corrected chi connectivity index (χ4v) is 4.43. The summed E-state index contributed by atoms with van der Waals surface area (Å²) >= 11 is 12.9. The van der Waals surface area contributed by atoms with Crippen molar-refractivity contribution in [3.05, 3.63) is 45.2 Å². The van der Waals surface area contributed by atoms with Crippen LogP contribution in [0, 0.1) is 0 Å². The second-order valence-electron chi connectivity index (χ2n) is 8.16. The van der Waals surface area contributed by atoms with E-state index in [4.69, 9.17) is 39.4 Å². The maximum absolute atomic E-state index is 12.1. The molecule has 0 saturated carbocycles. The molecule has 35 heavy (non-hydrogen) atoms. The lowest BCUT2D eigenvalue weighted by molar-refractivity contribution is -0.135. The summed E-state index contributed by atoms with van der Waals surface area (Å²) in [6, 6.07) is 1.24. The quantitative estimate of drug-likeness (QED) is 0.224. The van der Waals surface area contributed by atoms with E-state index in [0.717, 1.165) is 22.2 Å². The third kappa shape index (κ3) is 6.87. The molecular weight excluding hydrogens is 495 g/mol. The van der Waals surface area contributed by atoms with Crippen LogP contribution in [0.4, 0.5) is 0 Å². The van der Waals surface area contributed by atoms with Gasteiger partial charge in [0.2, 0.25) is 11.8 Å². The molecule has 10 nitrogen and oxygen atoms in total. The monoisotopic (exact) mass is 526 g/mol. The second-order valence-corrected chi connectivity index (χ2v) is 8.94. The summed E-state index contributed by atoms with van der Waals surface area (Å²) in [5, 5.41) is 16.8. The summed E-state index contributed by atoms with van der Waals surface area (Å²) in [7, 11) is 0. The predicted octanol–water partition coefficient (Wildman–Crippen LogP) is 0.936. The standard InChI is InChI=1S/C23H32Cl2N6O4/c24-16-11-14(17(27)1-5-28-6-7-29-19(33)3-9-35-10-4-26)21-15-12-31(20(34)13-32)8-2-18(15)30-23(21)22(16)25/h1,5,11,17,28,30,32H,2-4,6-10,12-13,26-27H2,(H,29,33)/b5-1-. The molecule has 2 heterocycles. The summed E-state index contributed by atoms with van der Waals surface area (Å²) in [6.07, 6.45) is 4.42. The number of nitrogens with one attached hydrogen (secondary N) is 3. The average molecular weight is 527 g/mol. The maximum atomic E-state index is 12.1. The number of H-pyrrole nitrogens is 1. The molecule has 12 heteroatoms. The Bertz CT molecular complexity index is 1070. The minimum absolute atomic E-state index is 0.0892. The molecule has 2 amide bonds. The zero-order chi connectivity index (χ0) is 25.4. The first kappa shape index (κ1) is 27.3. The number of rotatable bonds is 12. The van der Waals surface area contributed by atoms with Crippen LogP contribution in [0.5, 0.6) is 0 Å². The van der Waals surface area contributed by atoms with E-state index in [1.165, 1.54) is 0 Å². The molecule has 1 atom stereocenters. The van der Waals surface area contributed by atoms with Crippen LogP contribution in [-0.2, 0) is 27.3 Å². The van der Waals surface area contributed by atoms with E-state index in [0.29, 0.717) is 67.9 Å². The molecule has 1 unspecified atom stereocenters. The van der Waals surface area contributed by atoms with Crippen molar-refractivity contribution in [3.63, 3.8) is 0 Å². The molecule has 192 valence electrons. The van der Waals surface area contributed by atoms with Gasteiger partial charge in [0.05, 0.1) is 34.8 Å². The van der Waals surface area contributed by atoms with Crippen LogP contribution < -0.4 is 22.1 Å². The number of carbonyl (C=O) groups is 2. The van der Waals surface area contributed by atoms with E-state index in [2.05, 4.69) is 15.6 Å². The van der Waals surface area contributed by atoms with Gasteiger partial charge in [-0.1, -0.05) is 23.2 Å². The minimum Gasteiger partial charge on any atom is -0.389 e. The molecule has 0 aliphatic carbocycles. The zero-order valence-corrected chi connectivity index (χ0v) is 20.9. The Labute approximate surface area is 213 Å². The van der Waals surface area contributed by atoms with Gasteiger partial charge in [0, 0.05) is 62.2 Å². The first-order valence-electron chi connectivity index (χ1n) is 11.5. The molecule has 3 rings (SSSR count). The van der Waals surface area contributed by atoms with Crippen LogP contribution in [0.3, 0.4) is 0 Å². The minimum atomic E-state index is -0.534. The fraction of sp³-hybridized carbons (Fsp3) is 0.478. The van der Waals surface area contributed by atoms with Crippen molar-refractivity contribution in [1.29, 1.82) is 0 Å². The topological polar surface area (TPSA) is 159 Å². The third-order valence-corrected chi connectivity index (χ3v) is 6.56. The maximum Gasteiger partial charge on any atom is 0.248 e. The van der Waals surface area contributed by atoms with Crippen molar-refractivity contribution >= 4 is 45.9 Å². The van der Waals surface area contributed by atoms with E-state index >= 15 is 0 Å². The summed E-state index contributed by atoms with van der Waals surface area (Å²) in [5.74, 6) is -0.413. The molecule has 0 saturated heterocycles. The van der Waals surface area contributed by atoms with Crippen molar-refractivity contribution in [1.82, 2.24) is 20.5 Å². The van der Waals surface area contributed by atoms with Gasteiger partial charge in [-0.05, 0) is 23.9 Å². The Morgan fingerprint density at radius 2 is 2.11 bits per heavy atom. The number of aliphatic hydroxyl groups is 1. The number of aromatic amines is 1. The highest BCUT2D eigenvalue weighted by atomic mass is 35.5. The summed E-state index contributed by atoms with van der Waals surface area (Å²) in [6.45, 7) is 2.52. The molecular formula is C23H32Cl2N6O4. The average Bonchev–Trinajstić information content (AvgIpc) is 3.24. The van der Waals surface area contributed by atoms with Gasteiger partial charge in [-0.3, -0.25) is 9.59 Å². The lowest BCUT2D eigenvalue weighted by Gasteiger charge is -2.27. The van der Waals surface area contributed by atoms with E-state index in [1.54, 1.807) is 23.2 Å². The van der Waals surface area contributed by atoms with E-state index in [1.807, 2.05) is 0 Å². The van der Waals surface area contributed by atoms with Crippen molar-refractivity contribution in [2.24, 2.45) is 11.5 Å². The zero-order valence-electron chi connectivity index (χ0n) is 19.4. The molecule has 1 aliphatic rings. The SMILES string of the molecule is NCCOCCC(=O)NCCN/C=C\C(N)c1cc(Cl)c(Cl)c2[nH]c3c(c12)CN(C(=O)CO)CC3. The van der Waals surface area contributed by atoms with Crippen LogP contribution in [0.25, 0.3) is 10.9 Å². The van der Waals surface area contributed by atoms with Gasteiger partial charge in [0.1, 0.15) is 6.61 Å². The number of amides is 2. The van der Waals surface area contributed by atoms with Crippen LogP contribution in [0.2, 0.25) is 10.0 Å². The Morgan fingerprint density at radius 1 is 1.31 bits per heavy atom. The molecule has 2 aromatic rings. The van der Waals surface area contributed by atoms with Crippen LogP contribution in [0.1, 0.15) is 29.3 Å². The van der Waals surface area contributed by atoms with E-state index in [-0.39, 0.29) is 18.2 Å². The van der Waals surface area contributed by atoms with Gasteiger partial charge in [-0.15, -0.1) is 0 Å². The number of hydrogen-bond acceptors (Lipinski definition) is 7. The van der Waals surface area contributed by atoms with Crippen LogP contribution in [-0.4, -0.2) is 72.8 Å². The normalized spacial score (nSPS) is 14.4. The van der Waals surface area contributed by atoms with Gasteiger partial charge < -0.3 is 41.8 Å². The largest absolute Gasteiger partial charge is 0.389 e. The van der Waals surface area contributed by atoms with Crippen molar-refractivity contribution in [2.45, 2.75) is 25.4 Å². The van der Waals surface area contributed by atoms with Crippen LogP contribution in [0.15, 0.2) is 18.3 Å². The van der Waals surface area contributed by atoms with Gasteiger partial charge in [-0.25, -0.2) is 0 Å². The lowest BCUT2D eigenvalue weighted by atomic mass is 9.96. The first-order valence-corrected chi connectivity index (χ1v) is 12.2. The van der Waals surface area contributed by atoms with Crippen molar-refractivity contribution in [2.75, 3.05) is 46.0 Å². The Kier molecular flexibility index (Phi) is 10.2. The third-order valence-electron chi connectivity index (χ3n) is 5.77. The van der Waals surface area contributed by atoms with Gasteiger partial charge in [0.25, 0.3) is 0 Å². The highest BCUT2D eigenvalue weighted by molar-refractivity contribution is 6.45. The predicted molar refractivity (Wildman–Crippen MR) is 136 cm³/mol. The molecule has 1 aromatic carbocycles. The van der Waals surface area contributed by atoms with E-state index < -0.39 is 12.6 Å². The number of ether oxygens (including phenoxy) is 1. The van der Waals surface area contributed by atoms with Crippen molar-refractivity contribution in [3.8, 4) is 0 Å². The van der Waals surface area contributed by atoms with Gasteiger partial charge in [-0.2, -0.15) is 0 Å². The summed E-state index contributed by atoms with van der Waals surface area (Å²) < 4.78 is 5.19. The second kappa shape index (κ2) is 13.1. The van der Waals surface area contributed by atoms with Gasteiger partial charge in [0.15, 0.2) is 0 Å². The number of fused-ring (bicyclic) bond motifs is 3. The molecule has 0 radical (unpaired) electrons. The molecule has 1 aromatic heterocycles. The molecule has 0 fully saturated rings. The number of carbonyl (C=O) groups excluding carboxylic acids is 2. The molecule has 8 N–H and O–H groups in total. The Balaban J connectivity index is 1.64. The number of aliphatic hydroxyl groups excluding tert-OH is 1. The molecule has 0 bridgehead atoms. The number of nitrogens with two attached hydrogens (primary N) is 2. The molecule has 0 spiro atoms. The summed E-state index contributed by atoms with van der Waals surface area (Å²) in [4.78, 5) is 28.8. The number of benzene rings is 1. The Morgan fingerprint density at radius 3 is 2.86 bits per heavy atom. The highest BCUT2D eigenvalue weighted by Crippen LogP contribution is 2.40. The fourth-order valence-electron chi connectivity index (χ4n) is 4.02. The number of nitrogens with zero attached hydrogens (tertiary/aromatic N) is 1. The lowest BCUT2D eigenvalue weighted by Crippen LogP contribution is -2.37. The van der Waals surface area contributed by atoms with Crippen molar-refractivity contribution < 1.29 is 19.4 Å². The molecule has 1 aliphatic heterocycles. The number of aromatic nitrogens is 1. The summed E-state index contributed by atoms with van der Waals surface area (Å²) in [5.41, 5.74) is 15.2. The smallest absolute Gasteiger partial charge is 0.248 e. The van der Waals surface area contributed by atoms with Gasteiger partial charge >= 0.3 is 0 Å². The highest BCUT2D eigenvalue weighted by Gasteiger charge is 2.27. The number of hydrogen-bond donors (Lipinski definition) is 6. The first-order chi connectivity index (χ1) is 16.9. The Hall–Kier alpha value is -2.34. The van der Waals surface area contributed by atoms with Crippen LogP contribution >= 0.6 is 23.2 Å². The van der Waals surface area contributed by atoms with E-state index in [9.17, 15) is 14.7 Å².